The molecule has 2 aromatic carbocycles. The molecule has 0 unspecified atom stereocenters. The van der Waals surface area contributed by atoms with Crippen LogP contribution in [0.15, 0.2) is 42.5 Å². The van der Waals surface area contributed by atoms with Crippen LogP contribution in [0.2, 0.25) is 0 Å². The quantitative estimate of drug-likeness (QED) is 0.669. The van der Waals surface area contributed by atoms with Gasteiger partial charge in [0.2, 0.25) is 0 Å². The van der Waals surface area contributed by atoms with E-state index in [2.05, 4.69) is 10.2 Å². The average Bonchev–Trinajstić information content (AvgIpc) is 3.30. The molecule has 32 heavy (non-hydrogen) atoms. The fraction of sp³-hybridized carbons (Fsp3) is 0.500. The van der Waals surface area contributed by atoms with E-state index in [0.717, 1.165) is 43.6 Å². The molecule has 2 aliphatic heterocycles. The van der Waals surface area contributed by atoms with E-state index in [1.807, 2.05) is 24.3 Å². The summed E-state index contributed by atoms with van der Waals surface area (Å²) in [5.74, 6) is 0.315. The SMILES string of the molecule is COc1ccc(F)cc1-c1ccc(C[C@@]2(C(=O)NCCN3CCCCC3)CCCO2)cc1. The van der Waals surface area contributed by atoms with Crippen LogP contribution >= 0.6 is 0 Å². The number of hydrogen-bond donors (Lipinski definition) is 1. The second-order valence-corrected chi connectivity index (χ2v) is 8.82. The van der Waals surface area contributed by atoms with Crippen molar-refractivity contribution in [1.82, 2.24) is 10.2 Å². The van der Waals surface area contributed by atoms with Gasteiger partial charge in [-0.05, 0) is 68.1 Å². The molecule has 0 aliphatic carbocycles. The summed E-state index contributed by atoms with van der Waals surface area (Å²) in [7, 11) is 1.58. The van der Waals surface area contributed by atoms with Crippen LogP contribution in [-0.4, -0.2) is 56.3 Å². The van der Waals surface area contributed by atoms with Crippen LogP contribution in [0.3, 0.4) is 0 Å². The zero-order valence-electron chi connectivity index (χ0n) is 18.9. The summed E-state index contributed by atoms with van der Waals surface area (Å²) >= 11 is 0. The number of benzene rings is 2. The van der Waals surface area contributed by atoms with Crippen molar-refractivity contribution < 1.29 is 18.7 Å². The Bertz CT molecular complexity index is 904. The summed E-state index contributed by atoms with van der Waals surface area (Å²) < 4.78 is 25.2. The molecule has 1 amide bonds. The molecule has 1 atom stereocenters. The Hall–Kier alpha value is -2.44. The topological polar surface area (TPSA) is 50.8 Å². The molecule has 4 rings (SSSR count). The summed E-state index contributed by atoms with van der Waals surface area (Å²) in [6.45, 7) is 4.41. The van der Waals surface area contributed by atoms with Crippen LogP contribution in [0, 0.1) is 5.82 Å². The Morgan fingerprint density at radius 1 is 1.12 bits per heavy atom. The highest BCUT2D eigenvalue weighted by molar-refractivity contribution is 5.86. The van der Waals surface area contributed by atoms with Crippen molar-refractivity contribution in [2.75, 3.05) is 39.9 Å². The molecular weight excluding hydrogens is 407 g/mol. The third kappa shape index (κ3) is 5.30. The number of methoxy groups -OCH3 is 1. The number of amides is 1. The fourth-order valence-electron chi connectivity index (χ4n) is 4.81. The van der Waals surface area contributed by atoms with E-state index in [1.54, 1.807) is 13.2 Å². The molecule has 172 valence electrons. The van der Waals surface area contributed by atoms with Crippen LogP contribution in [-0.2, 0) is 16.0 Å². The van der Waals surface area contributed by atoms with Gasteiger partial charge in [0, 0.05) is 31.7 Å². The first kappa shape index (κ1) is 22.7. The smallest absolute Gasteiger partial charge is 0.252 e. The van der Waals surface area contributed by atoms with Gasteiger partial charge in [0.25, 0.3) is 5.91 Å². The minimum atomic E-state index is -0.806. The summed E-state index contributed by atoms with van der Waals surface area (Å²) in [4.78, 5) is 15.5. The second kappa shape index (κ2) is 10.5. The van der Waals surface area contributed by atoms with Crippen molar-refractivity contribution in [1.29, 1.82) is 0 Å². The minimum Gasteiger partial charge on any atom is -0.496 e. The number of halogens is 1. The van der Waals surface area contributed by atoms with E-state index >= 15 is 0 Å². The Morgan fingerprint density at radius 2 is 1.91 bits per heavy atom. The monoisotopic (exact) mass is 440 g/mol. The van der Waals surface area contributed by atoms with Crippen molar-refractivity contribution in [3.05, 3.63) is 53.8 Å². The van der Waals surface area contributed by atoms with Gasteiger partial charge in [-0.1, -0.05) is 30.7 Å². The lowest BCUT2D eigenvalue weighted by Gasteiger charge is -2.29. The molecule has 2 fully saturated rings. The van der Waals surface area contributed by atoms with Gasteiger partial charge in [0.05, 0.1) is 7.11 Å². The zero-order chi connectivity index (χ0) is 22.4. The van der Waals surface area contributed by atoms with E-state index in [4.69, 9.17) is 9.47 Å². The first-order chi connectivity index (χ1) is 15.6. The Kier molecular flexibility index (Phi) is 7.43. The van der Waals surface area contributed by atoms with Crippen molar-refractivity contribution >= 4 is 5.91 Å². The maximum atomic E-state index is 13.8. The molecule has 0 bridgehead atoms. The molecule has 1 N–H and O–H groups in total. The van der Waals surface area contributed by atoms with Crippen molar-refractivity contribution in [2.45, 2.75) is 44.1 Å². The van der Waals surface area contributed by atoms with Crippen molar-refractivity contribution in [3.63, 3.8) is 0 Å². The van der Waals surface area contributed by atoms with E-state index in [-0.39, 0.29) is 11.7 Å². The highest BCUT2D eigenvalue weighted by Gasteiger charge is 2.42. The second-order valence-electron chi connectivity index (χ2n) is 8.82. The molecule has 5 nitrogen and oxygen atoms in total. The fourth-order valence-corrected chi connectivity index (χ4v) is 4.81. The van der Waals surface area contributed by atoms with E-state index in [1.165, 1.54) is 31.4 Å². The third-order valence-corrected chi connectivity index (χ3v) is 6.60. The maximum absolute atomic E-state index is 13.8. The van der Waals surface area contributed by atoms with Gasteiger partial charge >= 0.3 is 0 Å². The Labute approximate surface area is 189 Å². The standard InChI is InChI=1S/C26H33FN2O3/c1-31-24-11-10-22(27)18-23(24)21-8-6-20(7-9-21)19-26(12-5-17-32-26)25(30)28-13-16-29-14-3-2-4-15-29/h6-11,18H,2-5,12-17,19H2,1H3,(H,28,30)/t26-/m1/s1. The number of ether oxygens (including phenoxy) is 2. The molecule has 2 aromatic rings. The van der Waals surface area contributed by atoms with Crippen molar-refractivity contribution in [2.24, 2.45) is 0 Å². The molecule has 0 spiro atoms. The van der Waals surface area contributed by atoms with Crippen LogP contribution < -0.4 is 10.1 Å². The highest BCUT2D eigenvalue weighted by atomic mass is 19.1. The number of hydrogen-bond acceptors (Lipinski definition) is 4. The maximum Gasteiger partial charge on any atom is 0.252 e. The van der Waals surface area contributed by atoms with Crippen LogP contribution in [0.1, 0.15) is 37.7 Å². The lowest BCUT2D eigenvalue weighted by atomic mass is 9.89. The predicted molar refractivity (Wildman–Crippen MR) is 123 cm³/mol. The van der Waals surface area contributed by atoms with Crippen LogP contribution in [0.5, 0.6) is 5.75 Å². The molecule has 2 saturated heterocycles. The number of nitrogens with zero attached hydrogens (tertiary/aromatic N) is 1. The molecule has 0 aromatic heterocycles. The lowest BCUT2D eigenvalue weighted by Crippen LogP contribution is -2.50. The molecule has 0 saturated carbocycles. The van der Waals surface area contributed by atoms with Crippen LogP contribution in [0.4, 0.5) is 4.39 Å². The average molecular weight is 441 g/mol. The normalized spacial score (nSPS) is 21.4. The summed E-state index contributed by atoms with van der Waals surface area (Å²) in [6, 6.07) is 12.4. The third-order valence-electron chi connectivity index (χ3n) is 6.60. The Balaban J connectivity index is 1.41. The lowest BCUT2D eigenvalue weighted by molar-refractivity contribution is -0.141. The first-order valence-corrected chi connectivity index (χ1v) is 11.7. The van der Waals surface area contributed by atoms with Gasteiger partial charge in [0.1, 0.15) is 11.6 Å². The number of carbonyl (C=O) groups is 1. The zero-order valence-corrected chi connectivity index (χ0v) is 18.9. The molecular formula is C26H33FN2O3. The number of nitrogens with one attached hydrogen (secondary N) is 1. The molecule has 2 aliphatic rings. The minimum absolute atomic E-state index is 0.0112. The van der Waals surface area contributed by atoms with Gasteiger partial charge in [-0.3, -0.25) is 4.79 Å². The van der Waals surface area contributed by atoms with E-state index in [0.29, 0.717) is 30.9 Å². The Morgan fingerprint density at radius 3 is 2.59 bits per heavy atom. The molecule has 6 heteroatoms. The van der Waals surface area contributed by atoms with Gasteiger partial charge in [-0.2, -0.15) is 0 Å². The number of rotatable bonds is 8. The van der Waals surface area contributed by atoms with Gasteiger partial charge in [-0.15, -0.1) is 0 Å². The first-order valence-electron chi connectivity index (χ1n) is 11.7. The predicted octanol–water partition coefficient (Wildman–Crippen LogP) is 4.20. The van der Waals surface area contributed by atoms with Gasteiger partial charge in [0.15, 0.2) is 5.60 Å². The number of piperidine rings is 1. The van der Waals surface area contributed by atoms with E-state index in [9.17, 15) is 9.18 Å². The van der Waals surface area contributed by atoms with Crippen LogP contribution in [0.25, 0.3) is 11.1 Å². The summed E-state index contributed by atoms with van der Waals surface area (Å²) in [5, 5.41) is 3.13. The summed E-state index contributed by atoms with van der Waals surface area (Å²) in [5.41, 5.74) is 1.80. The van der Waals surface area contributed by atoms with E-state index < -0.39 is 5.60 Å². The van der Waals surface area contributed by atoms with Gasteiger partial charge < -0.3 is 19.7 Å². The molecule has 2 heterocycles. The number of carbonyl (C=O) groups excluding carboxylic acids is 1. The molecule has 0 radical (unpaired) electrons. The largest absolute Gasteiger partial charge is 0.496 e. The van der Waals surface area contributed by atoms with Gasteiger partial charge in [-0.25, -0.2) is 4.39 Å². The number of likely N-dealkylation sites (tertiary alicyclic amines) is 1. The highest BCUT2D eigenvalue weighted by Crippen LogP contribution is 2.33. The van der Waals surface area contributed by atoms with Crippen molar-refractivity contribution in [3.8, 4) is 16.9 Å². The summed E-state index contributed by atoms with van der Waals surface area (Å²) in [6.07, 6.45) is 5.95.